The third kappa shape index (κ3) is 4.20. The first kappa shape index (κ1) is 13.1. The molecule has 0 bridgehead atoms. The van der Waals surface area contributed by atoms with Gasteiger partial charge in [-0.25, -0.2) is 4.79 Å². The van der Waals surface area contributed by atoms with Crippen molar-refractivity contribution in [3.8, 4) is 0 Å². The number of pyridine rings is 1. The van der Waals surface area contributed by atoms with Gasteiger partial charge in [0.15, 0.2) is 6.10 Å². The molecule has 1 unspecified atom stereocenters. The third-order valence-electron chi connectivity index (χ3n) is 2.15. The van der Waals surface area contributed by atoms with Gasteiger partial charge in [-0.3, -0.25) is 9.78 Å². The van der Waals surface area contributed by atoms with Gasteiger partial charge in [-0.15, -0.1) is 0 Å². The summed E-state index contributed by atoms with van der Waals surface area (Å²) >= 11 is 0. The number of rotatable bonds is 5. The number of amides is 1. The van der Waals surface area contributed by atoms with Gasteiger partial charge < -0.3 is 15.5 Å². The van der Waals surface area contributed by atoms with Crippen molar-refractivity contribution in [2.24, 2.45) is 0 Å². The first-order valence-electron chi connectivity index (χ1n) is 5.12. The fourth-order valence-corrected chi connectivity index (χ4v) is 1.23. The van der Waals surface area contributed by atoms with Gasteiger partial charge in [0.25, 0.3) is 5.91 Å². The summed E-state index contributed by atoms with van der Waals surface area (Å²) in [6.07, 6.45) is 0.0519. The van der Waals surface area contributed by atoms with E-state index in [1.165, 1.54) is 6.20 Å². The Bertz CT molecular complexity index is 420. The highest BCUT2D eigenvalue weighted by Crippen LogP contribution is 2.00. The number of aliphatic hydroxyl groups excluding tert-OH is 1. The highest BCUT2D eigenvalue weighted by atomic mass is 16.4. The molecule has 92 valence electrons. The highest BCUT2D eigenvalue weighted by Gasteiger charge is 2.13. The molecule has 1 rings (SSSR count). The van der Waals surface area contributed by atoms with E-state index in [9.17, 15) is 9.59 Å². The van der Waals surface area contributed by atoms with Gasteiger partial charge in [-0.1, -0.05) is 0 Å². The number of nitrogens with zero attached hydrogens (tertiary/aromatic N) is 1. The van der Waals surface area contributed by atoms with Crippen LogP contribution >= 0.6 is 0 Å². The Morgan fingerprint density at radius 2 is 2.24 bits per heavy atom. The van der Waals surface area contributed by atoms with Crippen molar-refractivity contribution in [1.29, 1.82) is 0 Å². The van der Waals surface area contributed by atoms with Gasteiger partial charge in [-0.05, 0) is 19.1 Å². The summed E-state index contributed by atoms with van der Waals surface area (Å²) in [5.74, 6) is -1.60. The summed E-state index contributed by atoms with van der Waals surface area (Å²) in [5, 5.41) is 19.9. The maximum Gasteiger partial charge on any atom is 0.332 e. The molecule has 0 fully saturated rings. The van der Waals surface area contributed by atoms with E-state index >= 15 is 0 Å². The molecule has 1 heterocycles. The lowest BCUT2D eigenvalue weighted by atomic mass is 10.2. The second kappa shape index (κ2) is 5.95. The van der Waals surface area contributed by atoms with E-state index < -0.39 is 12.1 Å². The molecule has 1 amide bonds. The van der Waals surface area contributed by atoms with Crippen LogP contribution < -0.4 is 5.32 Å². The van der Waals surface area contributed by atoms with Crippen LogP contribution in [0.2, 0.25) is 0 Å². The average molecular weight is 238 g/mol. The summed E-state index contributed by atoms with van der Waals surface area (Å²) in [6.45, 7) is 1.87. The Kier molecular flexibility index (Phi) is 4.59. The normalized spacial score (nSPS) is 11.9. The van der Waals surface area contributed by atoms with Crippen LogP contribution in [0, 0.1) is 6.92 Å². The smallest absolute Gasteiger partial charge is 0.332 e. The van der Waals surface area contributed by atoms with Crippen molar-refractivity contribution in [2.75, 3.05) is 6.54 Å². The summed E-state index contributed by atoms with van der Waals surface area (Å²) in [7, 11) is 0. The number of aliphatic hydroxyl groups is 1. The van der Waals surface area contributed by atoms with E-state index in [-0.39, 0.29) is 18.9 Å². The molecular formula is C11H14N2O4. The van der Waals surface area contributed by atoms with Crippen molar-refractivity contribution >= 4 is 11.9 Å². The molecule has 0 saturated carbocycles. The van der Waals surface area contributed by atoms with Gasteiger partial charge >= 0.3 is 5.97 Å². The topological polar surface area (TPSA) is 99.5 Å². The molecule has 6 heteroatoms. The minimum atomic E-state index is -1.45. The van der Waals surface area contributed by atoms with Crippen LogP contribution in [-0.4, -0.2) is 39.7 Å². The zero-order valence-electron chi connectivity index (χ0n) is 9.38. The number of aryl methyl sites for hydroxylation is 1. The van der Waals surface area contributed by atoms with Gasteiger partial charge in [0.2, 0.25) is 0 Å². The second-order valence-corrected chi connectivity index (χ2v) is 3.58. The number of carboxylic acid groups (broad SMARTS) is 1. The number of aliphatic carboxylic acids is 1. The lowest BCUT2D eigenvalue weighted by Crippen LogP contribution is -2.30. The molecule has 0 aliphatic heterocycles. The van der Waals surface area contributed by atoms with Gasteiger partial charge in [-0.2, -0.15) is 0 Å². The van der Waals surface area contributed by atoms with E-state index in [1.807, 2.05) is 0 Å². The minimum absolute atomic E-state index is 0.0227. The maximum atomic E-state index is 11.6. The average Bonchev–Trinajstić information content (AvgIpc) is 2.28. The van der Waals surface area contributed by atoms with Crippen molar-refractivity contribution in [1.82, 2.24) is 10.3 Å². The fourth-order valence-electron chi connectivity index (χ4n) is 1.23. The minimum Gasteiger partial charge on any atom is -0.479 e. The number of carbonyl (C=O) groups excluding carboxylic acids is 1. The number of hydrogen-bond acceptors (Lipinski definition) is 4. The first-order valence-corrected chi connectivity index (χ1v) is 5.12. The fraction of sp³-hybridized carbons (Fsp3) is 0.364. The Hall–Kier alpha value is -1.95. The zero-order chi connectivity index (χ0) is 12.8. The molecule has 1 aromatic heterocycles. The molecule has 0 aromatic carbocycles. The lowest BCUT2D eigenvalue weighted by Gasteiger charge is -2.07. The van der Waals surface area contributed by atoms with Crippen molar-refractivity contribution in [3.63, 3.8) is 0 Å². The molecule has 0 aliphatic rings. The number of aromatic nitrogens is 1. The van der Waals surface area contributed by atoms with E-state index in [0.717, 1.165) is 5.69 Å². The number of carboxylic acids is 1. The Balaban J connectivity index is 2.43. The summed E-state index contributed by atoms with van der Waals surface area (Å²) < 4.78 is 0. The zero-order valence-corrected chi connectivity index (χ0v) is 9.38. The standard InChI is InChI=1S/C11H14N2O4/c1-7-6-8(2-4-12-7)10(15)13-5-3-9(14)11(16)17/h2,4,6,9,14H,3,5H2,1H3,(H,13,15)(H,16,17). The molecule has 0 spiro atoms. The largest absolute Gasteiger partial charge is 0.479 e. The molecule has 6 nitrogen and oxygen atoms in total. The quantitative estimate of drug-likeness (QED) is 0.668. The van der Waals surface area contributed by atoms with E-state index in [4.69, 9.17) is 10.2 Å². The SMILES string of the molecule is Cc1cc(C(=O)NCCC(O)C(=O)O)ccn1. The van der Waals surface area contributed by atoms with Crippen LogP contribution in [0.5, 0.6) is 0 Å². The van der Waals surface area contributed by atoms with Crippen molar-refractivity contribution < 1.29 is 19.8 Å². The number of nitrogens with one attached hydrogen (secondary N) is 1. The van der Waals surface area contributed by atoms with E-state index in [2.05, 4.69) is 10.3 Å². The second-order valence-electron chi connectivity index (χ2n) is 3.58. The number of carbonyl (C=O) groups is 2. The highest BCUT2D eigenvalue weighted by molar-refractivity contribution is 5.94. The van der Waals surface area contributed by atoms with Crippen LogP contribution in [-0.2, 0) is 4.79 Å². The summed E-state index contributed by atoms with van der Waals surface area (Å²) in [6, 6.07) is 3.19. The first-order chi connectivity index (χ1) is 8.00. The van der Waals surface area contributed by atoms with Crippen LogP contribution in [0.15, 0.2) is 18.3 Å². The predicted octanol–water partition coefficient (Wildman–Crippen LogP) is -0.0446. The predicted molar refractivity (Wildman–Crippen MR) is 59.6 cm³/mol. The maximum absolute atomic E-state index is 11.6. The van der Waals surface area contributed by atoms with Gasteiger partial charge in [0.1, 0.15) is 0 Å². The summed E-state index contributed by atoms with van der Waals surface area (Å²) in [4.78, 5) is 25.9. The molecule has 17 heavy (non-hydrogen) atoms. The van der Waals surface area contributed by atoms with Gasteiger partial charge in [0.05, 0.1) is 0 Å². The van der Waals surface area contributed by atoms with Crippen molar-refractivity contribution in [3.05, 3.63) is 29.6 Å². The molecule has 0 radical (unpaired) electrons. The Morgan fingerprint density at radius 1 is 1.53 bits per heavy atom. The molecule has 3 N–H and O–H groups in total. The van der Waals surface area contributed by atoms with Crippen LogP contribution in [0.1, 0.15) is 22.5 Å². The van der Waals surface area contributed by atoms with Crippen molar-refractivity contribution in [2.45, 2.75) is 19.4 Å². The van der Waals surface area contributed by atoms with E-state index in [0.29, 0.717) is 5.56 Å². The van der Waals surface area contributed by atoms with Crippen LogP contribution in [0.4, 0.5) is 0 Å². The van der Waals surface area contributed by atoms with E-state index in [1.54, 1.807) is 19.1 Å². The Morgan fingerprint density at radius 3 is 2.82 bits per heavy atom. The van der Waals surface area contributed by atoms with Gasteiger partial charge in [0, 0.05) is 30.4 Å². The number of hydrogen-bond donors (Lipinski definition) is 3. The molecular weight excluding hydrogens is 224 g/mol. The van der Waals surface area contributed by atoms with Crippen LogP contribution in [0.3, 0.4) is 0 Å². The lowest BCUT2D eigenvalue weighted by molar-refractivity contribution is -0.146. The monoisotopic (exact) mass is 238 g/mol. The Labute approximate surface area is 98.3 Å². The summed E-state index contributed by atoms with van der Waals surface area (Å²) in [5.41, 5.74) is 1.19. The molecule has 0 saturated heterocycles. The molecule has 0 aliphatic carbocycles. The van der Waals surface area contributed by atoms with Crippen LogP contribution in [0.25, 0.3) is 0 Å². The molecule has 1 atom stereocenters. The molecule has 1 aromatic rings. The third-order valence-corrected chi connectivity index (χ3v) is 2.15.